The lowest BCUT2D eigenvalue weighted by molar-refractivity contribution is -0.176. The van der Waals surface area contributed by atoms with Gasteiger partial charge in [-0.2, -0.15) is 0 Å². The van der Waals surface area contributed by atoms with Crippen molar-refractivity contribution in [2.24, 2.45) is 0 Å². The minimum absolute atomic E-state index is 0.0950. The second-order valence-corrected chi connectivity index (χ2v) is 3.88. The largest absolute Gasteiger partial charge is 0.381 e. The van der Waals surface area contributed by atoms with E-state index in [0.29, 0.717) is 13.0 Å². The van der Waals surface area contributed by atoms with Crippen LogP contribution in [0.4, 0.5) is 0 Å². The average Bonchev–Trinajstić information content (AvgIpc) is 2.55. The molecule has 0 spiro atoms. The maximum Gasteiger partial charge on any atom is 0.142 e. The van der Waals surface area contributed by atoms with Crippen LogP contribution in [0.5, 0.6) is 0 Å². The summed E-state index contributed by atoms with van der Waals surface area (Å²) in [7, 11) is 10.7. The summed E-state index contributed by atoms with van der Waals surface area (Å²) in [6.45, 7) is 2.34. The van der Waals surface area contributed by atoms with Gasteiger partial charge in [-0.3, -0.25) is 0 Å². The van der Waals surface area contributed by atoms with Gasteiger partial charge >= 0.3 is 0 Å². The third-order valence-corrected chi connectivity index (χ3v) is 3.06. The number of ether oxygens (including phenoxy) is 4. The normalized spacial score (nSPS) is 38.1. The molecule has 1 rings (SSSR count). The van der Waals surface area contributed by atoms with Gasteiger partial charge in [0.15, 0.2) is 0 Å². The summed E-state index contributed by atoms with van der Waals surface area (Å²) in [6, 6.07) is -0.317. The van der Waals surface area contributed by atoms with E-state index in [2.05, 4.69) is 0 Å². The highest BCUT2D eigenvalue weighted by molar-refractivity contribution is 6.11. The van der Waals surface area contributed by atoms with Crippen molar-refractivity contribution < 1.29 is 18.9 Å². The third kappa shape index (κ3) is 2.36. The summed E-state index contributed by atoms with van der Waals surface area (Å²) in [4.78, 5) is 0. The van der Waals surface area contributed by atoms with Crippen molar-refractivity contribution in [1.82, 2.24) is 0 Å². The maximum absolute atomic E-state index is 5.79. The minimum Gasteiger partial charge on any atom is -0.381 e. The molecule has 1 aliphatic heterocycles. The number of methoxy groups -OCH3 is 3. The van der Waals surface area contributed by atoms with Crippen molar-refractivity contribution >= 4 is 7.85 Å². The van der Waals surface area contributed by atoms with E-state index in [9.17, 15) is 0 Å². The molecule has 86 valence electrons. The Morgan fingerprint density at radius 1 is 1.47 bits per heavy atom. The van der Waals surface area contributed by atoms with E-state index >= 15 is 0 Å². The molecule has 0 aromatic rings. The molecule has 0 amide bonds. The molecule has 15 heavy (non-hydrogen) atoms. The van der Waals surface area contributed by atoms with Gasteiger partial charge in [0.2, 0.25) is 0 Å². The van der Waals surface area contributed by atoms with Gasteiger partial charge in [0, 0.05) is 27.3 Å². The molecule has 1 saturated heterocycles. The van der Waals surface area contributed by atoms with E-state index in [1.807, 2.05) is 6.92 Å². The molecular weight excluding hydrogens is 195 g/mol. The average molecular weight is 214 g/mol. The summed E-state index contributed by atoms with van der Waals surface area (Å²) in [5, 5.41) is 0. The Morgan fingerprint density at radius 3 is 2.60 bits per heavy atom. The Morgan fingerprint density at radius 2 is 2.13 bits per heavy atom. The van der Waals surface area contributed by atoms with Crippen LogP contribution >= 0.6 is 0 Å². The molecule has 0 aromatic heterocycles. The molecular formula is C10H19BO4. The van der Waals surface area contributed by atoms with Crippen LogP contribution in [-0.2, 0) is 18.9 Å². The predicted octanol–water partition coefficient (Wildman–Crippen LogP) is 0.336. The van der Waals surface area contributed by atoms with Gasteiger partial charge in [-0.05, 0) is 13.3 Å². The van der Waals surface area contributed by atoms with Crippen molar-refractivity contribution in [2.45, 2.75) is 37.2 Å². The van der Waals surface area contributed by atoms with Crippen LogP contribution in [0.3, 0.4) is 0 Å². The van der Waals surface area contributed by atoms with Crippen LogP contribution in [0.15, 0.2) is 0 Å². The number of rotatable bonds is 5. The predicted molar refractivity (Wildman–Crippen MR) is 57.1 cm³/mol. The lowest BCUT2D eigenvalue weighted by Crippen LogP contribution is -2.54. The maximum atomic E-state index is 5.79. The van der Waals surface area contributed by atoms with Crippen molar-refractivity contribution in [2.75, 3.05) is 27.9 Å². The van der Waals surface area contributed by atoms with Gasteiger partial charge in [-0.1, -0.05) is 0 Å². The lowest BCUT2D eigenvalue weighted by atomic mass is 9.89. The Hall–Kier alpha value is -0.0951. The molecule has 1 unspecified atom stereocenters. The van der Waals surface area contributed by atoms with Crippen molar-refractivity contribution in [3.63, 3.8) is 0 Å². The fourth-order valence-electron chi connectivity index (χ4n) is 2.14. The first-order valence-corrected chi connectivity index (χ1v) is 5.08. The Bertz CT molecular complexity index is 202. The van der Waals surface area contributed by atoms with Crippen LogP contribution in [0, 0.1) is 0 Å². The molecule has 1 heterocycles. The Balaban J connectivity index is 2.87. The van der Waals surface area contributed by atoms with Gasteiger partial charge in [0.05, 0.1) is 18.8 Å². The standard InChI is InChI=1S/C10H19BO4/c1-7(13-3)10(6-12-2)8(14-4)5-9(11)15-10/h7-9H,5-6H2,1-4H3/t7?,8-,9-,10+/m1/s1. The summed E-state index contributed by atoms with van der Waals surface area (Å²) in [5.41, 5.74) is -0.600. The summed E-state index contributed by atoms with van der Waals surface area (Å²) >= 11 is 0. The van der Waals surface area contributed by atoms with Crippen molar-refractivity contribution in [3.05, 3.63) is 0 Å². The van der Waals surface area contributed by atoms with E-state index in [1.165, 1.54) is 0 Å². The van der Waals surface area contributed by atoms with Crippen LogP contribution in [-0.4, -0.2) is 59.6 Å². The molecule has 4 atom stereocenters. The molecule has 0 saturated carbocycles. The highest BCUT2D eigenvalue weighted by atomic mass is 16.6. The molecule has 0 aliphatic carbocycles. The summed E-state index contributed by atoms with van der Waals surface area (Å²) in [6.07, 6.45) is 0.437. The highest BCUT2D eigenvalue weighted by Gasteiger charge is 2.51. The van der Waals surface area contributed by atoms with Crippen LogP contribution in [0.1, 0.15) is 13.3 Å². The fourth-order valence-corrected chi connectivity index (χ4v) is 2.14. The van der Waals surface area contributed by atoms with Gasteiger partial charge < -0.3 is 18.9 Å². The molecule has 0 bridgehead atoms. The molecule has 0 aromatic carbocycles. The van der Waals surface area contributed by atoms with E-state index in [0.717, 1.165) is 0 Å². The Kier molecular flexibility index (Phi) is 4.58. The zero-order valence-electron chi connectivity index (χ0n) is 9.86. The first kappa shape index (κ1) is 13.0. The molecule has 5 heteroatoms. The van der Waals surface area contributed by atoms with E-state index in [1.54, 1.807) is 21.3 Å². The van der Waals surface area contributed by atoms with Crippen LogP contribution in [0.25, 0.3) is 0 Å². The van der Waals surface area contributed by atoms with Crippen molar-refractivity contribution in [1.29, 1.82) is 0 Å². The molecule has 1 fully saturated rings. The van der Waals surface area contributed by atoms with Gasteiger partial charge in [0.25, 0.3) is 0 Å². The summed E-state index contributed by atoms with van der Waals surface area (Å²) in [5.74, 6) is 0. The minimum atomic E-state index is -0.600. The molecule has 2 radical (unpaired) electrons. The molecule has 0 N–H and O–H groups in total. The van der Waals surface area contributed by atoms with Crippen molar-refractivity contribution in [3.8, 4) is 0 Å². The summed E-state index contributed by atoms with van der Waals surface area (Å²) < 4.78 is 21.7. The first-order chi connectivity index (χ1) is 7.10. The first-order valence-electron chi connectivity index (χ1n) is 5.08. The zero-order chi connectivity index (χ0) is 11.5. The zero-order valence-corrected chi connectivity index (χ0v) is 9.86. The van der Waals surface area contributed by atoms with Crippen LogP contribution < -0.4 is 0 Å². The Labute approximate surface area is 92.6 Å². The molecule has 1 aliphatic rings. The van der Waals surface area contributed by atoms with E-state index in [4.69, 9.17) is 26.8 Å². The highest BCUT2D eigenvalue weighted by Crippen LogP contribution is 2.36. The van der Waals surface area contributed by atoms with Gasteiger partial charge in [0.1, 0.15) is 13.4 Å². The SMILES string of the molecule is [B][C@H]1C[C@@H](OC)[C@](COC)(C(C)OC)O1. The fraction of sp³-hybridized carbons (Fsp3) is 1.00. The van der Waals surface area contributed by atoms with Crippen LogP contribution in [0.2, 0.25) is 0 Å². The third-order valence-electron chi connectivity index (χ3n) is 3.06. The quantitative estimate of drug-likeness (QED) is 0.618. The topological polar surface area (TPSA) is 36.9 Å². The number of hydrogen-bond donors (Lipinski definition) is 0. The second kappa shape index (κ2) is 5.30. The van der Waals surface area contributed by atoms with Gasteiger partial charge in [-0.15, -0.1) is 0 Å². The van der Waals surface area contributed by atoms with E-state index < -0.39 is 5.60 Å². The smallest absolute Gasteiger partial charge is 0.142 e. The monoisotopic (exact) mass is 214 g/mol. The number of hydrogen-bond acceptors (Lipinski definition) is 4. The second-order valence-electron chi connectivity index (χ2n) is 3.88. The van der Waals surface area contributed by atoms with Gasteiger partial charge in [-0.25, -0.2) is 0 Å². The van der Waals surface area contributed by atoms with E-state index in [-0.39, 0.29) is 18.2 Å². The lowest BCUT2D eigenvalue weighted by Gasteiger charge is -2.37. The molecule has 4 nitrogen and oxygen atoms in total.